The molecule has 182 valence electrons. The minimum atomic E-state index is -1.96. The molecule has 4 nitrogen and oxygen atoms in total. The average molecular weight is 463 g/mol. The molecule has 1 heterocycles. The fourth-order valence-electron chi connectivity index (χ4n) is 8.00. The number of hydrogen-bond donors (Lipinski definition) is 1. The first-order valence-corrected chi connectivity index (χ1v) is 15.1. The molecule has 0 amide bonds. The minimum Gasteiger partial charge on any atom is -0.393 e. The smallest absolute Gasteiger partial charge is 0.205 e. The van der Waals surface area contributed by atoms with Crippen molar-refractivity contribution in [2.75, 3.05) is 13.2 Å². The number of fused-ring (bicyclic) bond motifs is 2. The third kappa shape index (κ3) is 3.94. The Morgan fingerprint density at radius 2 is 1.56 bits per heavy atom. The molecule has 0 aromatic heterocycles. The van der Waals surface area contributed by atoms with Crippen molar-refractivity contribution in [1.82, 2.24) is 0 Å². The highest BCUT2D eigenvalue weighted by Crippen LogP contribution is 2.64. The van der Waals surface area contributed by atoms with E-state index in [0.29, 0.717) is 42.7 Å². The van der Waals surface area contributed by atoms with E-state index in [1.807, 2.05) is 0 Å². The van der Waals surface area contributed by atoms with Crippen LogP contribution < -0.4 is 0 Å². The second kappa shape index (κ2) is 9.17. The Morgan fingerprint density at radius 1 is 1.00 bits per heavy atom. The van der Waals surface area contributed by atoms with Crippen molar-refractivity contribution in [1.29, 1.82) is 0 Å². The SMILES string of the molecule is CC(C)[Si](C#CC(=O)C[C@]1(C)[C@@H](O)CC[C@@]2(C)[C@H]1CCCC21OCCO1)(C(C)C)C(C)C. The molecule has 2 saturated carbocycles. The van der Waals surface area contributed by atoms with Crippen molar-refractivity contribution in [2.45, 2.75) is 122 Å². The summed E-state index contributed by atoms with van der Waals surface area (Å²) in [6.45, 7) is 19.3. The zero-order valence-corrected chi connectivity index (χ0v) is 22.7. The van der Waals surface area contributed by atoms with Gasteiger partial charge in [0.15, 0.2) is 5.79 Å². The Bertz CT molecular complexity index is 736. The van der Waals surface area contributed by atoms with E-state index in [4.69, 9.17) is 9.47 Å². The summed E-state index contributed by atoms with van der Waals surface area (Å²) in [4.78, 5) is 13.3. The Morgan fingerprint density at radius 3 is 2.09 bits per heavy atom. The topological polar surface area (TPSA) is 55.8 Å². The molecule has 0 aromatic rings. The third-order valence-electron chi connectivity index (χ3n) is 9.71. The zero-order valence-electron chi connectivity index (χ0n) is 21.7. The normalized spacial score (nSPS) is 34.6. The van der Waals surface area contributed by atoms with Gasteiger partial charge in [0.05, 0.1) is 19.3 Å². The van der Waals surface area contributed by atoms with Crippen LogP contribution in [0.2, 0.25) is 16.6 Å². The summed E-state index contributed by atoms with van der Waals surface area (Å²) < 4.78 is 12.5. The van der Waals surface area contributed by atoms with Crippen molar-refractivity contribution in [3.8, 4) is 11.5 Å². The molecule has 3 fully saturated rings. The molecule has 1 spiro atoms. The lowest BCUT2D eigenvalue weighted by Gasteiger charge is -2.62. The predicted octanol–water partition coefficient (Wildman–Crippen LogP) is 5.88. The zero-order chi connectivity index (χ0) is 23.9. The maximum Gasteiger partial charge on any atom is 0.205 e. The van der Waals surface area contributed by atoms with Gasteiger partial charge in [-0.25, -0.2) is 0 Å². The number of Topliss-reactive ketones (excluding diaryl/α,β-unsaturated/α-hetero) is 1. The summed E-state index contributed by atoms with van der Waals surface area (Å²) in [7, 11) is -1.96. The number of hydrogen-bond acceptors (Lipinski definition) is 4. The minimum absolute atomic E-state index is 0.0116. The van der Waals surface area contributed by atoms with Crippen LogP contribution in [0.15, 0.2) is 0 Å². The number of ether oxygens (including phenoxy) is 2. The number of rotatable bonds is 5. The van der Waals surface area contributed by atoms with E-state index in [1.54, 1.807) is 0 Å². The van der Waals surface area contributed by atoms with Crippen LogP contribution in [0.3, 0.4) is 0 Å². The summed E-state index contributed by atoms with van der Waals surface area (Å²) >= 11 is 0. The van der Waals surface area contributed by atoms with Gasteiger partial charge in [-0.2, -0.15) is 0 Å². The second-order valence-electron chi connectivity index (χ2n) is 12.1. The molecule has 3 aliphatic rings. The summed E-state index contributed by atoms with van der Waals surface area (Å²) in [6, 6.07) is 0. The molecule has 0 aromatic carbocycles. The van der Waals surface area contributed by atoms with Crippen molar-refractivity contribution >= 4 is 13.9 Å². The Balaban J connectivity index is 1.90. The van der Waals surface area contributed by atoms with Gasteiger partial charge in [0.1, 0.15) is 8.07 Å². The molecule has 32 heavy (non-hydrogen) atoms. The van der Waals surface area contributed by atoms with Crippen molar-refractivity contribution in [3.05, 3.63) is 0 Å². The molecular weight excluding hydrogens is 416 g/mol. The van der Waals surface area contributed by atoms with Crippen LogP contribution >= 0.6 is 0 Å². The summed E-state index contributed by atoms with van der Waals surface area (Å²) in [6.07, 6.45) is 4.29. The summed E-state index contributed by atoms with van der Waals surface area (Å²) in [5, 5.41) is 11.2. The fraction of sp³-hybridized carbons (Fsp3) is 0.889. The first kappa shape index (κ1) is 25.9. The van der Waals surface area contributed by atoms with E-state index in [2.05, 4.69) is 66.9 Å². The van der Waals surface area contributed by atoms with Gasteiger partial charge in [0.2, 0.25) is 5.78 Å². The van der Waals surface area contributed by atoms with Crippen LogP contribution in [-0.4, -0.2) is 44.1 Å². The van der Waals surface area contributed by atoms with E-state index < -0.39 is 25.4 Å². The van der Waals surface area contributed by atoms with Crippen LogP contribution in [0.4, 0.5) is 0 Å². The first-order chi connectivity index (χ1) is 14.9. The lowest BCUT2D eigenvalue weighted by Crippen LogP contribution is -2.63. The van der Waals surface area contributed by atoms with Gasteiger partial charge in [0, 0.05) is 23.7 Å². The number of carbonyl (C=O) groups is 1. The molecule has 4 atom stereocenters. The van der Waals surface area contributed by atoms with Crippen molar-refractivity contribution < 1.29 is 19.4 Å². The molecule has 0 bridgehead atoms. The quantitative estimate of drug-likeness (QED) is 0.409. The highest BCUT2D eigenvalue weighted by Gasteiger charge is 2.65. The van der Waals surface area contributed by atoms with Crippen molar-refractivity contribution in [3.63, 3.8) is 0 Å². The fourth-order valence-corrected chi connectivity index (χ4v) is 13.2. The average Bonchev–Trinajstić information content (AvgIpc) is 3.17. The molecule has 2 aliphatic carbocycles. The van der Waals surface area contributed by atoms with Crippen LogP contribution in [0, 0.1) is 28.2 Å². The monoisotopic (exact) mass is 462 g/mol. The van der Waals surface area contributed by atoms with E-state index in [9.17, 15) is 9.90 Å². The van der Waals surface area contributed by atoms with Crippen molar-refractivity contribution in [2.24, 2.45) is 16.7 Å². The highest BCUT2D eigenvalue weighted by molar-refractivity contribution is 6.90. The van der Waals surface area contributed by atoms with Crippen LogP contribution in [0.25, 0.3) is 0 Å². The molecule has 1 N–H and O–H groups in total. The van der Waals surface area contributed by atoms with E-state index in [1.165, 1.54) is 0 Å². The van der Waals surface area contributed by atoms with Gasteiger partial charge in [-0.3, -0.25) is 4.79 Å². The van der Waals surface area contributed by atoms with Gasteiger partial charge in [-0.05, 0) is 54.1 Å². The van der Waals surface area contributed by atoms with Gasteiger partial charge < -0.3 is 14.6 Å². The van der Waals surface area contributed by atoms with Crippen LogP contribution in [0.5, 0.6) is 0 Å². The van der Waals surface area contributed by atoms with Gasteiger partial charge in [-0.1, -0.05) is 55.4 Å². The van der Waals surface area contributed by atoms with E-state index in [0.717, 1.165) is 25.7 Å². The van der Waals surface area contributed by atoms with Gasteiger partial charge in [-0.15, -0.1) is 5.54 Å². The molecular formula is C27H46O4Si. The van der Waals surface area contributed by atoms with Crippen LogP contribution in [0.1, 0.15) is 93.9 Å². The van der Waals surface area contributed by atoms with Gasteiger partial charge in [0.25, 0.3) is 0 Å². The third-order valence-corrected chi connectivity index (χ3v) is 16.0. The highest BCUT2D eigenvalue weighted by atomic mass is 28.3. The predicted molar refractivity (Wildman–Crippen MR) is 132 cm³/mol. The summed E-state index contributed by atoms with van der Waals surface area (Å²) in [5.74, 6) is 2.74. The van der Waals surface area contributed by atoms with Gasteiger partial charge >= 0.3 is 0 Å². The Kier molecular flexibility index (Phi) is 7.44. The first-order valence-electron chi connectivity index (χ1n) is 12.9. The number of aliphatic hydroxyl groups is 1. The standard InChI is InChI=1S/C27H46O4Si/c1-19(2)32(20(3)4,21(5)6)17-12-22(28)18-25(7)23-10-9-13-27(30-15-16-31-27)26(23,8)14-11-24(25)29/h19-21,23-24,29H,9-11,13-16,18H2,1-8H3/t23-,24-,25-,26-/m0/s1. The van der Waals surface area contributed by atoms with E-state index in [-0.39, 0.29) is 17.1 Å². The maximum atomic E-state index is 13.3. The molecule has 5 heteroatoms. The Labute approximate surface area is 197 Å². The molecule has 1 saturated heterocycles. The molecule has 0 radical (unpaired) electrons. The molecule has 1 aliphatic heterocycles. The second-order valence-corrected chi connectivity index (χ2v) is 17.7. The lowest BCUT2D eigenvalue weighted by molar-refractivity contribution is -0.301. The number of aliphatic hydroxyl groups excluding tert-OH is 1. The molecule has 3 rings (SSSR count). The number of carbonyl (C=O) groups excluding carboxylic acids is 1. The Hall–Kier alpha value is -0.673. The molecule has 0 unspecified atom stereocenters. The number of ketones is 1. The lowest BCUT2D eigenvalue weighted by atomic mass is 9.47. The maximum absolute atomic E-state index is 13.3. The summed E-state index contributed by atoms with van der Waals surface area (Å²) in [5.41, 5.74) is 4.40. The van der Waals surface area contributed by atoms with E-state index >= 15 is 0 Å². The largest absolute Gasteiger partial charge is 0.393 e. The van der Waals surface area contributed by atoms with Crippen LogP contribution in [-0.2, 0) is 14.3 Å².